The van der Waals surface area contributed by atoms with Crippen molar-refractivity contribution in [2.24, 2.45) is 0 Å². The van der Waals surface area contributed by atoms with Crippen LogP contribution in [0.4, 0.5) is 5.82 Å². The Morgan fingerprint density at radius 2 is 2.18 bits per heavy atom. The highest BCUT2D eigenvalue weighted by Crippen LogP contribution is 2.12. The van der Waals surface area contributed by atoms with Gasteiger partial charge in [0.1, 0.15) is 11.5 Å². The fourth-order valence-electron chi connectivity index (χ4n) is 1.64. The molecule has 1 amide bonds. The van der Waals surface area contributed by atoms with E-state index in [9.17, 15) is 4.79 Å². The Morgan fingerprint density at radius 1 is 1.41 bits per heavy atom. The Hall–Kier alpha value is -1.30. The molecule has 0 radical (unpaired) electrons. The Balaban J connectivity index is 2.03. The quantitative estimate of drug-likeness (QED) is 0.873. The molecule has 1 aromatic heterocycles. The molecule has 1 aliphatic heterocycles. The second kappa shape index (κ2) is 5.86. The molecule has 1 N–H and O–H groups in total. The highest BCUT2D eigenvalue weighted by Gasteiger charge is 2.19. The monoisotopic (exact) mass is 252 g/mol. The second-order valence-electron chi connectivity index (χ2n) is 3.72. The van der Waals surface area contributed by atoms with Gasteiger partial charge in [-0.05, 0) is 6.92 Å². The Labute approximate surface area is 105 Å². The SMILES string of the molecule is CCNc1cnc(C(=O)N2CCSCC2)cn1. The predicted molar refractivity (Wildman–Crippen MR) is 69.4 cm³/mol. The molecule has 0 aliphatic carbocycles. The number of nitrogens with zero attached hydrogens (tertiary/aromatic N) is 3. The molecule has 17 heavy (non-hydrogen) atoms. The second-order valence-corrected chi connectivity index (χ2v) is 4.95. The number of carbonyl (C=O) groups excluding carboxylic acids is 1. The molecule has 92 valence electrons. The summed E-state index contributed by atoms with van der Waals surface area (Å²) < 4.78 is 0. The number of thioether (sulfide) groups is 1. The van der Waals surface area contributed by atoms with E-state index < -0.39 is 0 Å². The average molecular weight is 252 g/mol. The van der Waals surface area contributed by atoms with E-state index >= 15 is 0 Å². The third-order valence-electron chi connectivity index (χ3n) is 2.53. The smallest absolute Gasteiger partial charge is 0.274 e. The highest BCUT2D eigenvalue weighted by molar-refractivity contribution is 7.99. The summed E-state index contributed by atoms with van der Waals surface area (Å²) in [5.74, 6) is 2.71. The fraction of sp³-hybridized carbons (Fsp3) is 0.545. The van der Waals surface area contributed by atoms with Gasteiger partial charge < -0.3 is 10.2 Å². The van der Waals surface area contributed by atoms with Crippen molar-refractivity contribution >= 4 is 23.5 Å². The first-order valence-electron chi connectivity index (χ1n) is 5.74. The zero-order chi connectivity index (χ0) is 12.1. The number of aromatic nitrogens is 2. The van der Waals surface area contributed by atoms with Crippen LogP contribution in [0.1, 0.15) is 17.4 Å². The van der Waals surface area contributed by atoms with Crippen molar-refractivity contribution in [3.63, 3.8) is 0 Å². The van der Waals surface area contributed by atoms with E-state index in [-0.39, 0.29) is 5.91 Å². The van der Waals surface area contributed by atoms with Crippen molar-refractivity contribution in [3.05, 3.63) is 18.1 Å². The summed E-state index contributed by atoms with van der Waals surface area (Å²) in [6.07, 6.45) is 3.15. The molecular weight excluding hydrogens is 236 g/mol. The first kappa shape index (κ1) is 12.2. The molecule has 1 saturated heterocycles. The molecule has 0 spiro atoms. The maximum atomic E-state index is 12.1. The van der Waals surface area contributed by atoms with Gasteiger partial charge in [0.2, 0.25) is 0 Å². The summed E-state index contributed by atoms with van der Waals surface area (Å²) in [7, 11) is 0. The number of nitrogens with one attached hydrogen (secondary N) is 1. The lowest BCUT2D eigenvalue weighted by atomic mass is 10.3. The van der Waals surface area contributed by atoms with Gasteiger partial charge in [-0.1, -0.05) is 0 Å². The minimum absolute atomic E-state index is 0.0131. The van der Waals surface area contributed by atoms with Gasteiger partial charge in [-0.2, -0.15) is 11.8 Å². The minimum atomic E-state index is -0.0131. The third kappa shape index (κ3) is 3.09. The number of hydrogen-bond donors (Lipinski definition) is 1. The molecule has 2 heterocycles. The third-order valence-corrected chi connectivity index (χ3v) is 3.47. The van der Waals surface area contributed by atoms with Gasteiger partial charge in [0.05, 0.1) is 12.4 Å². The van der Waals surface area contributed by atoms with Crippen LogP contribution in [0.2, 0.25) is 0 Å². The van der Waals surface area contributed by atoms with Crippen LogP contribution >= 0.6 is 11.8 Å². The van der Waals surface area contributed by atoms with Gasteiger partial charge in [-0.3, -0.25) is 4.79 Å². The molecule has 5 nitrogen and oxygen atoms in total. The Morgan fingerprint density at radius 3 is 2.76 bits per heavy atom. The standard InChI is InChI=1S/C11H16N4OS/c1-2-12-10-8-13-9(7-14-10)11(16)15-3-5-17-6-4-15/h7-8H,2-6H2,1H3,(H,12,14). The van der Waals surface area contributed by atoms with Crippen molar-refractivity contribution in [1.29, 1.82) is 0 Å². The summed E-state index contributed by atoms with van der Waals surface area (Å²) in [6, 6.07) is 0. The summed E-state index contributed by atoms with van der Waals surface area (Å²) in [4.78, 5) is 22.2. The molecule has 0 atom stereocenters. The molecule has 0 bridgehead atoms. The zero-order valence-electron chi connectivity index (χ0n) is 9.85. The molecule has 1 aromatic rings. The fourth-order valence-corrected chi connectivity index (χ4v) is 2.54. The lowest BCUT2D eigenvalue weighted by molar-refractivity contribution is 0.0766. The molecule has 1 fully saturated rings. The molecule has 0 aromatic carbocycles. The summed E-state index contributed by atoms with van der Waals surface area (Å²) in [5.41, 5.74) is 0.429. The first-order valence-corrected chi connectivity index (χ1v) is 6.89. The van der Waals surface area contributed by atoms with Gasteiger partial charge in [0.25, 0.3) is 5.91 Å². The number of rotatable bonds is 3. The molecule has 0 saturated carbocycles. The summed E-state index contributed by atoms with van der Waals surface area (Å²) in [6.45, 7) is 4.40. The van der Waals surface area contributed by atoms with E-state index in [1.807, 2.05) is 23.6 Å². The van der Waals surface area contributed by atoms with Crippen molar-refractivity contribution in [2.75, 3.05) is 36.5 Å². The molecule has 2 rings (SSSR count). The molecule has 0 unspecified atom stereocenters. The first-order chi connectivity index (χ1) is 8.31. The van der Waals surface area contributed by atoms with E-state index in [2.05, 4.69) is 15.3 Å². The van der Waals surface area contributed by atoms with E-state index in [4.69, 9.17) is 0 Å². The minimum Gasteiger partial charge on any atom is -0.369 e. The summed E-state index contributed by atoms with van der Waals surface area (Å²) in [5, 5.41) is 3.05. The van der Waals surface area contributed by atoms with Crippen LogP contribution < -0.4 is 5.32 Å². The lowest BCUT2D eigenvalue weighted by Crippen LogP contribution is -2.38. The van der Waals surface area contributed by atoms with Crippen molar-refractivity contribution in [2.45, 2.75) is 6.92 Å². The number of carbonyl (C=O) groups is 1. The molecule has 1 aliphatic rings. The van der Waals surface area contributed by atoms with Crippen LogP contribution in [-0.2, 0) is 0 Å². The van der Waals surface area contributed by atoms with Crippen LogP contribution in [0.25, 0.3) is 0 Å². The predicted octanol–water partition coefficient (Wildman–Crippen LogP) is 1.10. The largest absolute Gasteiger partial charge is 0.369 e. The average Bonchev–Trinajstić information content (AvgIpc) is 2.40. The van der Waals surface area contributed by atoms with E-state index in [0.29, 0.717) is 11.5 Å². The normalized spacial score (nSPS) is 15.7. The highest BCUT2D eigenvalue weighted by atomic mass is 32.2. The Kier molecular flexibility index (Phi) is 4.19. The van der Waals surface area contributed by atoms with E-state index in [0.717, 1.165) is 31.1 Å². The van der Waals surface area contributed by atoms with Gasteiger partial charge >= 0.3 is 0 Å². The maximum absolute atomic E-state index is 12.1. The van der Waals surface area contributed by atoms with Gasteiger partial charge in [-0.15, -0.1) is 0 Å². The van der Waals surface area contributed by atoms with Gasteiger partial charge in [0.15, 0.2) is 0 Å². The zero-order valence-corrected chi connectivity index (χ0v) is 10.7. The molecule has 6 heteroatoms. The van der Waals surface area contributed by atoms with Crippen LogP contribution in [0.15, 0.2) is 12.4 Å². The van der Waals surface area contributed by atoms with Crippen molar-refractivity contribution < 1.29 is 4.79 Å². The van der Waals surface area contributed by atoms with E-state index in [1.165, 1.54) is 0 Å². The van der Waals surface area contributed by atoms with E-state index in [1.54, 1.807) is 12.4 Å². The number of amides is 1. The number of anilines is 1. The Bertz CT molecular complexity index is 376. The van der Waals surface area contributed by atoms with Gasteiger partial charge in [0, 0.05) is 31.1 Å². The van der Waals surface area contributed by atoms with Crippen LogP contribution in [0.5, 0.6) is 0 Å². The van der Waals surface area contributed by atoms with Crippen molar-refractivity contribution in [3.8, 4) is 0 Å². The number of hydrogen-bond acceptors (Lipinski definition) is 5. The lowest BCUT2D eigenvalue weighted by Gasteiger charge is -2.25. The van der Waals surface area contributed by atoms with Gasteiger partial charge in [-0.25, -0.2) is 9.97 Å². The van der Waals surface area contributed by atoms with Crippen LogP contribution in [-0.4, -0.2) is 51.9 Å². The van der Waals surface area contributed by atoms with Crippen molar-refractivity contribution in [1.82, 2.24) is 14.9 Å². The van der Waals surface area contributed by atoms with Crippen LogP contribution in [0.3, 0.4) is 0 Å². The summed E-state index contributed by atoms with van der Waals surface area (Å²) >= 11 is 1.88. The van der Waals surface area contributed by atoms with Crippen LogP contribution in [0, 0.1) is 0 Å². The topological polar surface area (TPSA) is 58.1 Å². The maximum Gasteiger partial charge on any atom is 0.274 e. The molecular formula is C11H16N4OS.